The minimum atomic E-state index is -1.08. The number of carboxylic acid groups (broad SMARTS) is 1. The van der Waals surface area contributed by atoms with Crippen LogP contribution in [0.4, 0.5) is 21.1 Å². The molecule has 2 aromatic carbocycles. The zero-order valence-electron chi connectivity index (χ0n) is 27.1. The van der Waals surface area contributed by atoms with Crippen molar-refractivity contribution in [2.24, 2.45) is 0 Å². The predicted octanol–water partition coefficient (Wildman–Crippen LogP) is 4.01. The Hall–Kier alpha value is -5.33. The number of aromatic nitrogens is 1. The van der Waals surface area contributed by atoms with Gasteiger partial charge in [0.2, 0.25) is 0 Å². The number of carbonyl (C=O) groups excluding carboxylic acids is 3. The van der Waals surface area contributed by atoms with Gasteiger partial charge in [0, 0.05) is 70.2 Å². The van der Waals surface area contributed by atoms with Crippen LogP contribution in [0.25, 0.3) is 0 Å². The maximum Gasteiger partial charge on any atom is 0.410 e. The number of hydrogen-bond acceptors (Lipinski definition) is 8. The Morgan fingerprint density at radius 1 is 0.958 bits per heavy atom. The molecule has 3 aliphatic rings. The van der Waals surface area contributed by atoms with Gasteiger partial charge in [0.15, 0.2) is 6.10 Å². The Morgan fingerprint density at radius 3 is 2.29 bits per heavy atom. The molecule has 1 atom stereocenters. The van der Waals surface area contributed by atoms with E-state index < -0.39 is 18.2 Å². The largest absolute Gasteiger partial charge is 0.507 e. The first-order valence-corrected chi connectivity index (χ1v) is 16.2. The van der Waals surface area contributed by atoms with Crippen LogP contribution in [0.2, 0.25) is 0 Å². The van der Waals surface area contributed by atoms with E-state index in [0.717, 1.165) is 16.8 Å². The van der Waals surface area contributed by atoms with Crippen molar-refractivity contribution in [3.05, 3.63) is 82.5 Å². The molecule has 4 amide bonds. The van der Waals surface area contributed by atoms with Crippen LogP contribution in [-0.4, -0.2) is 105 Å². The fraction of sp³-hybridized carbons (Fsp3) is 0.400. The fourth-order valence-electron chi connectivity index (χ4n) is 6.69. The van der Waals surface area contributed by atoms with Crippen LogP contribution in [0.3, 0.4) is 0 Å². The number of piperidine rings is 1. The SMILES string of the molecule is Cc1cc(C[C@@H](OC(=O)N2CCC(N3Cc4ccccc4NC3=O)CC2)C(=O)N2CCN(c3ccc(C(=O)O)cn3)CC2)cc(C)c1O. The topological polar surface area (TPSA) is 156 Å². The van der Waals surface area contributed by atoms with E-state index in [-0.39, 0.29) is 35.7 Å². The zero-order valence-corrected chi connectivity index (χ0v) is 27.1. The molecule has 0 bridgehead atoms. The lowest BCUT2D eigenvalue weighted by atomic mass is 10.00. The van der Waals surface area contributed by atoms with E-state index in [9.17, 15) is 24.3 Å². The highest BCUT2D eigenvalue weighted by Crippen LogP contribution is 2.29. The third kappa shape index (κ3) is 6.99. The van der Waals surface area contributed by atoms with Crippen molar-refractivity contribution in [1.82, 2.24) is 19.7 Å². The number of para-hydroxylation sites is 1. The Kier molecular flexibility index (Phi) is 9.37. The van der Waals surface area contributed by atoms with Crippen molar-refractivity contribution in [3.63, 3.8) is 0 Å². The number of aryl methyl sites for hydroxylation is 2. The highest BCUT2D eigenvalue weighted by molar-refractivity contribution is 5.92. The number of rotatable bonds is 7. The number of pyridine rings is 1. The summed E-state index contributed by atoms with van der Waals surface area (Å²) in [4.78, 5) is 62.9. The number of carboxylic acids is 1. The number of nitrogens with zero attached hydrogens (tertiary/aromatic N) is 5. The van der Waals surface area contributed by atoms with Gasteiger partial charge in [-0.25, -0.2) is 19.4 Å². The van der Waals surface area contributed by atoms with Gasteiger partial charge < -0.3 is 39.9 Å². The first-order valence-electron chi connectivity index (χ1n) is 16.2. The summed E-state index contributed by atoms with van der Waals surface area (Å²) in [6.07, 6.45) is 0.979. The van der Waals surface area contributed by atoms with Gasteiger partial charge in [0.1, 0.15) is 11.6 Å². The molecule has 0 spiro atoms. The third-order valence-electron chi connectivity index (χ3n) is 9.42. The van der Waals surface area contributed by atoms with Crippen molar-refractivity contribution in [2.45, 2.75) is 51.8 Å². The number of amides is 4. The maximum absolute atomic E-state index is 13.9. The van der Waals surface area contributed by atoms with Crippen molar-refractivity contribution < 1.29 is 34.1 Å². The van der Waals surface area contributed by atoms with Crippen LogP contribution in [0.5, 0.6) is 5.75 Å². The molecule has 2 saturated heterocycles. The number of aromatic hydroxyl groups is 1. The molecule has 4 heterocycles. The first kappa shape index (κ1) is 32.6. The minimum absolute atomic E-state index is 0.0334. The summed E-state index contributed by atoms with van der Waals surface area (Å²) in [6.45, 7) is 6.56. The molecule has 0 unspecified atom stereocenters. The summed E-state index contributed by atoms with van der Waals surface area (Å²) < 4.78 is 5.97. The first-order chi connectivity index (χ1) is 23.1. The standard InChI is InChI=1S/C35H40N6O7/c1-22-17-24(18-23(2)31(22)42)19-29(32(43)39-15-13-38(14-16-39)30-8-7-25(20-36-30)33(44)45)48-35(47)40-11-9-27(10-12-40)41-21-26-5-3-4-6-28(26)37-34(41)46/h3-8,17-18,20,27,29,42H,9-16,19,21H2,1-2H3,(H,37,46)(H,44,45)/t29-/m1/s1. The van der Waals surface area contributed by atoms with Crippen molar-refractivity contribution in [1.29, 1.82) is 0 Å². The second kappa shape index (κ2) is 13.8. The average Bonchev–Trinajstić information content (AvgIpc) is 3.10. The van der Waals surface area contributed by atoms with E-state index >= 15 is 0 Å². The summed E-state index contributed by atoms with van der Waals surface area (Å²) in [6, 6.07) is 14.3. The highest BCUT2D eigenvalue weighted by Gasteiger charge is 2.36. The number of piperazine rings is 1. The zero-order chi connectivity index (χ0) is 33.9. The number of phenolic OH excluding ortho intramolecular Hbond substituents is 1. The number of nitrogens with one attached hydrogen (secondary N) is 1. The lowest BCUT2D eigenvalue weighted by Gasteiger charge is -2.40. The van der Waals surface area contributed by atoms with Crippen LogP contribution in [0.15, 0.2) is 54.7 Å². The Morgan fingerprint density at radius 2 is 1.65 bits per heavy atom. The van der Waals surface area contributed by atoms with Crippen LogP contribution >= 0.6 is 0 Å². The Balaban J connectivity index is 1.10. The van der Waals surface area contributed by atoms with Gasteiger partial charge in [0.25, 0.3) is 5.91 Å². The number of aromatic carboxylic acids is 1. The number of fused-ring (bicyclic) bond motifs is 1. The maximum atomic E-state index is 13.9. The lowest BCUT2D eigenvalue weighted by molar-refractivity contribution is -0.141. The van der Waals surface area contributed by atoms with E-state index in [4.69, 9.17) is 9.84 Å². The Labute approximate surface area is 278 Å². The molecule has 3 aromatic rings. The van der Waals surface area contributed by atoms with Crippen LogP contribution in [0, 0.1) is 13.8 Å². The van der Waals surface area contributed by atoms with Gasteiger partial charge in [-0.2, -0.15) is 0 Å². The fourth-order valence-corrected chi connectivity index (χ4v) is 6.69. The smallest absolute Gasteiger partial charge is 0.410 e. The minimum Gasteiger partial charge on any atom is -0.507 e. The number of ether oxygens (including phenoxy) is 1. The number of likely N-dealkylation sites (tertiary alicyclic amines) is 1. The summed E-state index contributed by atoms with van der Waals surface area (Å²) in [5, 5.41) is 22.4. The molecular weight excluding hydrogens is 616 g/mol. The summed E-state index contributed by atoms with van der Waals surface area (Å²) in [7, 11) is 0. The predicted molar refractivity (Wildman–Crippen MR) is 177 cm³/mol. The normalized spacial score (nSPS) is 17.4. The lowest BCUT2D eigenvalue weighted by Crippen LogP contribution is -2.54. The molecule has 0 radical (unpaired) electrons. The molecule has 48 heavy (non-hydrogen) atoms. The highest BCUT2D eigenvalue weighted by atomic mass is 16.6. The van der Waals surface area contributed by atoms with E-state index in [1.54, 1.807) is 41.8 Å². The van der Waals surface area contributed by atoms with E-state index in [1.807, 2.05) is 34.1 Å². The molecule has 13 heteroatoms. The summed E-state index contributed by atoms with van der Waals surface area (Å²) in [5.41, 5.74) is 4.08. The second-order valence-corrected chi connectivity index (χ2v) is 12.6. The Bertz CT molecular complexity index is 1670. The van der Waals surface area contributed by atoms with Gasteiger partial charge in [-0.3, -0.25) is 4.79 Å². The number of anilines is 2. The molecular formula is C35H40N6O7. The molecule has 0 saturated carbocycles. The number of phenols is 1. The van der Waals surface area contributed by atoms with Gasteiger partial charge in [-0.15, -0.1) is 0 Å². The molecule has 13 nitrogen and oxygen atoms in total. The molecule has 3 N–H and O–H groups in total. The van der Waals surface area contributed by atoms with Gasteiger partial charge in [-0.1, -0.05) is 30.3 Å². The number of hydrogen-bond donors (Lipinski definition) is 3. The number of carbonyl (C=O) groups is 4. The second-order valence-electron chi connectivity index (χ2n) is 12.6. The van der Waals surface area contributed by atoms with E-state index in [2.05, 4.69) is 10.3 Å². The molecule has 0 aliphatic carbocycles. The van der Waals surface area contributed by atoms with Crippen molar-refractivity contribution in [3.8, 4) is 5.75 Å². The molecule has 3 aliphatic heterocycles. The molecule has 6 rings (SSSR count). The van der Waals surface area contributed by atoms with Crippen LogP contribution in [-0.2, 0) is 22.5 Å². The quantitative estimate of drug-likeness (QED) is 0.342. The third-order valence-corrected chi connectivity index (χ3v) is 9.42. The van der Waals surface area contributed by atoms with Gasteiger partial charge in [0.05, 0.1) is 5.56 Å². The van der Waals surface area contributed by atoms with Crippen LogP contribution < -0.4 is 10.2 Å². The van der Waals surface area contributed by atoms with E-state index in [1.165, 1.54) is 12.3 Å². The van der Waals surface area contributed by atoms with Crippen molar-refractivity contribution >= 4 is 35.5 Å². The molecule has 252 valence electrons. The van der Waals surface area contributed by atoms with Crippen molar-refractivity contribution in [2.75, 3.05) is 49.5 Å². The molecule has 1 aromatic heterocycles. The number of benzene rings is 2. The monoisotopic (exact) mass is 656 g/mol. The molecule has 2 fully saturated rings. The number of urea groups is 1. The van der Waals surface area contributed by atoms with Gasteiger partial charge >= 0.3 is 18.1 Å². The van der Waals surface area contributed by atoms with E-state index in [0.29, 0.717) is 75.6 Å². The summed E-state index contributed by atoms with van der Waals surface area (Å²) in [5.74, 6) is -0.540. The van der Waals surface area contributed by atoms with Crippen LogP contribution in [0.1, 0.15) is 45.5 Å². The average molecular weight is 657 g/mol. The summed E-state index contributed by atoms with van der Waals surface area (Å²) >= 11 is 0. The van der Waals surface area contributed by atoms with Gasteiger partial charge in [-0.05, 0) is 67.1 Å².